The predicted octanol–water partition coefficient (Wildman–Crippen LogP) is -0.355. The highest BCUT2D eigenvalue weighted by Crippen LogP contribution is 2.14. The first-order valence-electron chi connectivity index (χ1n) is 19.3. The second-order valence-electron chi connectivity index (χ2n) is 14.3. The van der Waals surface area contributed by atoms with Gasteiger partial charge in [0, 0.05) is 76.3 Å². The highest BCUT2D eigenvalue weighted by atomic mass is 16.4. The largest absolute Gasteiger partial charge is 0.512 e. The van der Waals surface area contributed by atoms with Crippen LogP contribution in [0, 0.1) is 0 Å². The van der Waals surface area contributed by atoms with E-state index in [1.54, 1.807) is 21.9 Å². The zero-order chi connectivity index (χ0) is 43.8. The van der Waals surface area contributed by atoms with E-state index in [1.807, 2.05) is 4.90 Å². The van der Waals surface area contributed by atoms with Gasteiger partial charge in [-0.25, -0.2) is 14.8 Å². The summed E-state index contributed by atoms with van der Waals surface area (Å²) in [5, 5.41) is 46.9. The van der Waals surface area contributed by atoms with Crippen LogP contribution in [0.5, 0.6) is 0 Å². The van der Waals surface area contributed by atoms with Gasteiger partial charge in [0.2, 0.25) is 11.9 Å². The number of aliphatic hydroxyl groups excluding tert-OH is 1. The van der Waals surface area contributed by atoms with Crippen molar-refractivity contribution in [2.75, 3.05) is 70.0 Å². The number of carboxylic acids is 3. The lowest BCUT2D eigenvalue weighted by molar-refractivity contribution is -0.144. The summed E-state index contributed by atoms with van der Waals surface area (Å²) in [5.74, 6) is -4.95. The molecule has 2 atom stereocenters. The number of carbonyl (C=O) groups excluding carboxylic acids is 3. The van der Waals surface area contributed by atoms with Gasteiger partial charge < -0.3 is 42.1 Å². The lowest BCUT2D eigenvalue weighted by atomic mass is 10.0. The number of nitrogens with two attached hydrogens (primary N) is 1. The van der Waals surface area contributed by atoms with Crippen molar-refractivity contribution in [3.05, 3.63) is 64.4 Å². The van der Waals surface area contributed by atoms with Crippen LogP contribution in [0.2, 0.25) is 0 Å². The average Bonchev–Trinajstić information content (AvgIpc) is 3.27. The van der Waals surface area contributed by atoms with Crippen LogP contribution < -0.4 is 27.2 Å². The van der Waals surface area contributed by atoms with E-state index in [2.05, 4.69) is 42.5 Å². The van der Waals surface area contributed by atoms with Gasteiger partial charge in [-0.1, -0.05) is 6.58 Å². The lowest BCUT2D eigenvalue weighted by Crippen LogP contribution is -2.47. The van der Waals surface area contributed by atoms with Crippen LogP contribution in [0.4, 0.5) is 11.6 Å². The second kappa shape index (κ2) is 22.6. The van der Waals surface area contributed by atoms with Crippen molar-refractivity contribution in [3.8, 4) is 0 Å². The van der Waals surface area contributed by atoms with Gasteiger partial charge in [-0.15, -0.1) is 0 Å². The Labute approximate surface area is 343 Å². The van der Waals surface area contributed by atoms with Gasteiger partial charge in [-0.3, -0.25) is 48.5 Å². The molecule has 4 rings (SSSR count). The molecule has 0 bridgehead atoms. The molecule has 3 aromatic rings. The van der Waals surface area contributed by atoms with E-state index in [0.717, 1.165) is 0 Å². The Bertz CT molecular complexity index is 2050. The number of aliphatic hydroxyl groups is 1. The number of Topliss-reactive ketones (excluding diaryl/α,β-unsaturated/α-hetero) is 1. The molecule has 22 nitrogen and oxygen atoms in total. The molecular formula is C38H51N11O11. The molecule has 0 aliphatic carbocycles. The molecule has 10 N–H and O–H groups in total. The van der Waals surface area contributed by atoms with Crippen molar-refractivity contribution in [2.45, 2.75) is 57.2 Å². The maximum absolute atomic E-state index is 12.8. The van der Waals surface area contributed by atoms with E-state index >= 15 is 0 Å². The van der Waals surface area contributed by atoms with Gasteiger partial charge in [-0.05, 0) is 43.5 Å². The number of nitrogen functional groups attached to an aromatic ring is 1. The number of aromatic nitrogens is 4. The number of rotatable bonds is 22. The third-order valence-corrected chi connectivity index (χ3v) is 9.65. The summed E-state index contributed by atoms with van der Waals surface area (Å²) in [4.78, 5) is 106. The Kier molecular flexibility index (Phi) is 17.4. The number of amides is 2. The molecule has 2 amide bonds. The SMILES string of the molecule is C=C(O)CN1CCN(CC(=O)O)CCN(C(CCC(=O)CCCNC(=O)CC[C@H](NC(=O)c2ccc(NCc3cnc4nc(N)[nH]c(=O)c4n3)cc2)C(=O)O)C(=O)O)CC1. The van der Waals surface area contributed by atoms with E-state index in [4.69, 9.17) is 5.73 Å². The number of carboxylic acid groups (broad SMARTS) is 3. The third-order valence-electron chi connectivity index (χ3n) is 9.65. The molecule has 1 saturated heterocycles. The van der Waals surface area contributed by atoms with Gasteiger partial charge >= 0.3 is 17.9 Å². The van der Waals surface area contributed by atoms with Gasteiger partial charge in [0.15, 0.2) is 11.2 Å². The summed E-state index contributed by atoms with van der Waals surface area (Å²) in [6, 6.07) is 3.79. The Balaban J connectivity index is 1.17. The van der Waals surface area contributed by atoms with Crippen molar-refractivity contribution < 1.29 is 49.2 Å². The second-order valence-corrected chi connectivity index (χ2v) is 14.3. The van der Waals surface area contributed by atoms with Crippen molar-refractivity contribution in [1.29, 1.82) is 0 Å². The highest BCUT2D eigenvalue weighted by Gasteiger charge is 2.29. The van der Waals surface area contributed by atoms with Crippen molar-refractivity contribution >= 4 is 58.3 Å². The highest BCUT2D eigenvalue weighted by molar-refractivity contribution is 5.97. The zero-order valence-electron chi connectivity index (χ0n) is 33.0. The summed E-state index contributed by atoms with van der Waals surface area (Å²) in [6.07, 6.45) is 1.35. The van der Waals surface area contributed by atoms with E-state index in [1.165, 1.54) is 18.3 Å². The molecule has 1 unspecified atom stereocenters. The number of anilines is 2. The minimum Gasteiger partial charge on any atom is -0.512 e. The lowest BCUT2D eigenvalue weighted by Gasteiger charge is -2.30. The fourth-order valence-corrected chi connectivity index (χ4v) is 6.48. The van der Waals surface area contributed by atoms with Crippen LogP contribution in [-0.2, 0) is 30.5 Å². The molecule has 22 heteroatoms. The van der Waals surface area contributed by atoms with E-state index in [9.17, 15) is 54.0 Å². The van der Waals surface area contributed by atoms with Gasteiger partial charge in [0.1, 0.15) is 17.9 Å². The number of H-pyrrole nitrogens is 1. The number of carbonyl (C=O) groups is 6. The number of hydrogen-bond acceptors (Lipinski definition) is 16. The van der Waals surface area contributed by atoms with Crippen molar-refractivity contribution in [2.24, 2.45) is 0 Å². The van der Waals surface area contributed by atoms with E-state index in [-0.39, 0.29) is 105 Å². The first-order valence-corrected chi connectivity index (χ1v) is 19.3. The monoisotopic (exact) mass is 837 g/mol. The quantitative estimate of drug-likeness (QED) is 0.0461. The fourth-order valence-electron chi connectivity index (χ4n) is 6.48. The van der Waals surface area contributed by atoms with Crippen molar-refractivity contribution in [1.82, 2.24) is 45.3 Å². The molecule has 1 aliphatic rings. The summed E-state index contributed by atoms with van der Waals surface area (Å²) in [5.41, 5.74) is 6.35. The summed E-state index contributed by atoms with van der Waals surface area (Å²) in [7, 11) is 0. The van der Waals surface area contributed by atoms with Gasteiger partial charge in [0.25, 0.3) is 11.5 Å². The molecule has 2 aromatic heterocycles. The summed E-state index contributed by atoms with van der Waals surface area (Å²) in [6.45, 7) is 5.89. The summed E-state index contributed by atoms with van der Waals surface area (Å²) >= 11 is 0. The van der Waals surface area contributed by atoms with Crippen LogP contribution in [0.25, 0.3) is 11.2 Å². The average molecular weight is 838 g/mol. The normalized spacial score (nSPS) is 15.1. The number of aromatic amines is 1. The maximum atomic E-state index is 12.8. The number of aliphatic carboxylic acids is 3. The zero-order valence-corrected chi connectivity index (χ0v) is 33.0. The number of ketones is 1. The Hall–Kier alpha value is -6.52. The molecule has 1 aromatic carbocycles. The van der Waals surface area contributed by atoms with Gasteiger partial charge in [-0.2, -0.15) is 4.98 Å². The molecule has 0 saturated carbocycles. The van der Waals surface area contributed by atoms with Crippen LogP contribution >= 0.6 is 0 Å². The molecule has 0 radical (unpaired) electrons. The third kappa shape index (κ3) is 15.0. The fraction of sp³-hybridized carbons (Fsp3) is 0.474. The van der Waals surface area contributed by atoms with E-state index < -0.39 is 47.4 Å². The first kappa shape index (κ1) is 46.2. The molecule has 1 fully saturated rings. The smallest absolute Gasteiger partial charge is 0.326 e. The number of fused-ring (bicyclic) bond motifs is 1. The number of benzene rings is 1. The first-order chi connectivity index (χ1) is 28.6. The van der Waals surface area contributed by atoms with Crippen molar-refractivity contribution in [3.63, 3.8) is 0 Å². The topological polar surface area (TPSA) is 327 Å². The molecule has 0 spiro atoms. The standard InChI is InChI=1S/C38H51N11O11/c1-23(50)21-47-13-14-48(22-31(53)54)16-18-49(17-15-47)29(37(59)60)10-8-27(51)3-2-12-40-30(52)11-9-28(36(57)58)44-34(55)24-4-6-25(7-5-24)41-19-26-20-42-33-32(43-26)35(56)46-38(39)45-33/h4-7,20,28-29,41,50H,1-3,8-19,21-22H2,(H,40,52)(H,44,55)(H,53,54)(H,57,58)(H,59,60)(H3,39,42,45,46,56)/t28-,29?/m0/s1. The van der Waals surface area contributed by atoms with Crippen LogP contribution in [0.15, 0.2) is 47.6 Å². The van der Waals surface area contributed by atoms with E-state index in [0.29, 0.717) is 44.1 Å². The number of nitrogens with one attached hydrogen (secondary N) is 4. The van der Waals surface area contributed by atoms with Crippen LogP contribution in [0.3, 0.4) is 0 Å². The predicted molar refractivity (Wildman–Crippen MR) is 216 cm³/mol. The number of nitrogens with zero attached hydrogens (tertiary/aromatic N) is 6. The molecule has 3 heterocycles. The van der Waals surface area contributed by atoms with Crippen LogP contribution in [0.1, 0.15) is 54.6 Å². The minimum absolute atomic E-state index is 0.0242. The van der Waals surface area contributed by atoms with Gasteiger partial charge in [0.05, 0.1) is 37.3 Å². The molecular weight excluding hydrogens is 786 g/mol. The number of hydrogen-bond donors (Lipinski definition) is 9. The van der Waals surface area contributed by atoms with Crippen LogP contribution in [-0.4, -0.2) is 162 Å². The Morgan fingerprint density at radius 3 is 2.15 bits per heavy atom. The Morgan fingerprint density at radius 1 is 0.850 bits per heavy atom. The molecule has 1 aliphatic heterocycles. The summed E-state index contributed by atoms with van der Waals surface area (Å²) < 4.78 is 0. The minimum atomic E-state index is -1.36. The Morgan fingerprint density at radius 2 is 1.52 bits per heavy atom. The maximum Gasteiger partial charge on any atom is 0.326 e. The molecule has 60 heavy (non-hydrogen) atoms. The molecule has 324 valence electrons.